The van der Waals surface area contributed by atoms with Crippen LogP contribution in [0.2, 0.25) is 5.02 Å². The summed E-state index contributed by atoms with van der Waals surface area (Å²) in [6.45, 7) is 1.57. The topological polar surface area (TPSA) is 50.2 Å². The van der Waals surface area contributed by atoms with Gasteiger partial charge in [-0.05, 0) is 48.9 Å². The number of carbonyl (C=O) groups is 1. The predicted octanol–water partition coefficient (Wildman–Crippen LogP) is 3.57. The molecule has 0 spiro atoms. The number of piperidine rings is 1. The Morgan fingerprint density at radius 1 is 1.25 bits per heavy atom. The van der Waals surface area contributed by atoms with Gasteiger partial charge in [0.25, 0.3) is 0 Å². The molecule has 4 rings (SSSR count). The van der Waals surface area contributed by atoms with Crippen LogP contribution < -0.4 is 5.32 Å². The van der Waals surface area contributed by atoms with Crippen LogP contribution in [-0.2, 0) is 6.42 Å². The van der Waals surface area contributed by atoms with Crippen molar-refractivity contribution >= 4 is 17.6 Å². The number of aromatic nitrogens is 2. The van der Waals surface area contributed by atoms with Gasteiger partial charge >= 0.3 is 6.03 Å². The van der Waals surface area contributed by atoms with Crippen LogP contribution in [0.4, 0.5) is 4.79 Å². The van der Waals surface area contributed by atoms with Crippen LogP contribution in [0.25, 0.3) is 0 Å². The monoisotopic (exact) mass is 344 g/mol. The van der Waals surface area contributed by atoms with E-state index in [0.717, 1.165) is 43.8 Å². The number of carbonyl (C=O) groups excluding carboxylic acids is 1. The number of benzene rings is 1. The van der Waals surface area contributed by atoms with E-state index in [1.54, 1.807) is 0 Å². The zero-order chi connectivity index (χ0) is 16.5. The normalized spacial score (nSPS) is 20.9. The second-order valence-corrected chi connectivity index (χ2v) is 7.05. The van der Waals surface area contributed by atoms with Gasteiger partial charge in [-0.15, -0.1) is 0 Å². The SMILES string of the molecule is O=C(NC1CCc2cc(Cl)ccc21)N1CCC(n2ccnc2)CC1. The summed E-state index contributed by atoms with van der Waals surface area (Å²) in [6, 6.07) is 6.57. The summed E-state index contributed by atoms with van der Waals surface area (Å²) in [7, 11) is 0. The Balaban J connectivity index is 1.35. The van der Waals surface area contributed by atoms with E-state index in [2.05, 4.69) is 14.9 Å². The van der Waals surface area contributed by atoms with Crippen molar-refractivity contribution in [3.05, 3.63) is 53.1 Å². The van der Waals surface area contributed by atoms with Crippen molar-refractivity contribution in [1.82, 2.24) is 19.8 Å². The Hall–Kier alpha value is -2.01. The number of hydrogen-bond donors (Lipinski definition) is 1. The summed E-state index contributed by atoms with van der Waals surface area (Å²) >= 11 is 6.05. The summed E-state index contributed by atoms with van der Waals surface area (Å²) in [5.41, 5.74) is 2.47. The van der Waals surface area contributed by atoms with E-state index >= 15 is 0 Å². The molecule has 1 aliphatic carbocycles. The van der Waals surface area contributed by atoms with Crippen LogP contribution in [-0.4, -0.2) is 33.6 Å². The van der Waals surface area contributed by atoms with Crippen LogP contribution >= 0.6 is 11.6 Å². The molecule has 1 aromatic carbocycles. The van der Waals surface area contributed by atoms with Crippen LogP contribution in [0.5, 0.6) is 0 Å². The maximum absolute atomic E-state index is 12.6. The Morgan fingerprint density at radius 2 is 2.08 bits per heavy atom. The molecule has 1 aromatic heterocycles. The van der Waals surface area contributed by atoms with Crippen molar-refractivity contribution in [3.8, 4) is 0 Å². The molecule has 1 saturated heterocycles. The lowest BCUT2D eigenvalue weighted by Crippen LogP contribution is -2.45. The number of rotatable bonds is 2. The fraction of sp³-hybridized carbons (Fsp3) is 0.444. The molecule has 1 aliphatic heterocycles. The number of aryl methyl sites for hydroxylation is 1. The van der Waals surface area contributed by atoms with Gasteiger partial charge in [-0.25, -0.2) is 9.78 Å². The number of urea groups is 1. The van der Waals surface area contributed by atoms with Crippen LogP contribution in [0, 0.1) is 0 Å². The predicted molar refractivity (Wildman–Crippen MR) is 93.1 cm³/mol. The minimum absolute atomic E-state index is 0.0480. The molecule has 2 aromatic rings. The van der Waals surface area contributed by atoms with Crippen molar-refractivity contribution in [2.75, 3.05) is 13.1 Å². The smallest absolute Gasteiger partial charge is 0.317 e. The fourth-order valence-corrected chi connectivity index (χ4v) is 4.02. The van der Waals surface area contributed by atoms with Crippen molar-refractivity contribution in [1.29, 1.82) is 0 Å². The quantitative estimate of drug-likeness (QED) is 0.905. The lowest BCUT2D eigenvalue weighted by molar-refractivity contribution is 0.168. The van der Waals surface area contributed by atoms with E-state index in [1.807, 2.05) is 41.8 Å². The molecule has 1 unspecified atom stereocenters. The average molecular weight is 345 g/mol. The molecule has 2 heterocycles. The van der Waals surface area contributed by atoms with Gasteiger partial charge in [0, 0.05) is 36.5 Å². The zero-order valence-electron chi connectivity index (χ0n) is 13.5. The van der Waals surface area contributed by atoms with Gasteiger partial charge in [0.1, 0.15) is 0 Å². The first-order chi connectivity index (χ1) is 11.7. The molecule has 2 amide bonds. The van der Waals surface area contributed by atoms with Gasteiger partial charge in [0.05, 0.1) is 12.4 Å². The van der Waals surface area contributed by atoms with Crippen molar-refractivity contribution in [2.24, 2.45) is 0 Å². The molecule has 5 nitrogen and oxygen atoms in total. The number of likely N-dealkylation sites (tertiary alicyclic amines) is 1. The van der Waals surface area contributed by atoms with Gasteiger partial charge in [-0.3, -0.25) is 0 Å². The van der Waals surface area contributed by atoms with E-state index in [1.165, 1.54) is 11.1 Å². The summed E-state index contributed by atoms with van der Waals surface area (Å²) in [5.74, 6) is 0. The highest BCUT2D eigenvalue weighted by atomic mass is 35.5. The first-order valence-corrected chi connectivity index (χ1v) is 8.90. The lowest BCUT2D eigenvalue weighted by atomic mass is 10.1. The second-order valence-electron chi connectivity index (χ2n) is 6.61. The highest BCUT2D eigenvalue weighted by Gasteiger charge is 2.28. The number of hydrogen-bond acceptors (Lipinski definition) is 2. The molecule has 1 atom stereocenters. The van der Waals surface area contributed by atoms with E-state index < -0.39 is 0 Å². The third-order valence-electron chi connectivity index (χ3n) is 5.18. The molecule has 126 valence electrons. The largest absolute Gasteiger partial charge is 0.334 e. The maximum Gasteiger partial charge on any atom is 0.317 e. The van der Waals surface area contributed by atoms with Crippen LogP contribution in [0.15, 0.2) is 36.9 Å². The van der Waals surface area contributed by atoms with Gasteiger partial charge in [0.2, 0.25) is 0 Å². The fourth-order valence-electron chi connectivity index (χ4n) is 3.83. The summed E-state index contributed by atoms with van der Waals surface area (Å²) < 4.78 is 2.15. The number of imidazole rings is 1. The van der Waals surface area contributed by atoms with Gasteiger partial charge < -0.3 is 14.8 Å². The average Bonchev–Trinajstić information content (AvgIpc) is 3.25. The Kier molecular flexibility index (Phi) is 4.19. The van der Waals surface area contributed by atoms with E-state index in [4.69, 9.17) is 11.6 Å². The first kappa shape index (κ1) is 15.5. The zero-order valence-corrected chi connectivity index (χ0v) is 14.2. The minimum atomic E-state index is 0.0480. The van der Waals surface area contributed by atoms with E-state index in [0.29, 0.717) is 6.04 Å². The Labute approximate surface area is 146 Å². The highest BCUT2D eigenvalue weighted by molar-refractivity contribution is 6.30. The lowest BCUT2D eigenvalue weighted by Gasteiger charge is -2.33. The van der Waals surface area contributed by atoms with Gasteiger partial charge in [-0.1, -0.05) is 17.7 Å². The molecule has 0 saturated carbocycles. The minimum Gasteiger partial charge on any atom is -0.334 e. The van der Waals surface area contributed by atoms with E-state index in [9.17, 15) is 4.79 Å². The number of fused-ring (bicyclic) bond motifs is 1. The number of nitrogens with one attached hydrogen (secondary N) is 1. The molecule has 24 heavy (non-hydrogen) atoms. The summed E-state index contributed by atoms with van der Waals surface area (Å²) in [6.07, 6.45) is 9.54. The van der Waals surface area contributed by atoms with Crippen LogP contribution in [0.3, 0.4) is 0 Å². The first-order valence-electron chi connectivity index (χ1n) is 8.52. The molecule has 0 bridgehead atoms. The van der Waals surface area contributed by atoms with Crippen molar-refractivity contribution in [2.45, 2.75) is 37.8 Å². The molecule has 1 N–H and O–H groups in total. The number of amides is 2. The van der Waals surface area contributed by atoms with Gasteiger partial charge in [-0.2, -0.15) is 0 Å². The second kappa shape index (κ2) is 6.48. The van der Waals surface area contributed by atoms with Crippen molar-refractivity contribution in [3.63, 3.8) is 0 Å². The molecule has 0 radical (unpaired) electrons. The highest BCUT2D eigenvalue weighted by Crippen LogP contribution is 2.33. The molecule has 6 heteroatoms. The number of nitrogens with zero attached hydrogens (tertiary/aromatic N) is 3. The third kappa shape index (κ3) is 3.00. The standard InChI is InChI=1S/C18H21ClN4O/c19-14-2-3-16-13(11-14)1-4-17(16)21-18(24)22-8-5-15(6-9-22)23-10-7-20-12-23/h2-3,7,10-12,15,17H,1,4-6,8-9H2,(H,21,24). The number of halogens is 1. The van der Waals surface area contributed by atoms with Gasteiger partial charge in [0.15, 0.2) is 0 Å². The molecular formula is C18H21ClN4O. The molecule has 2 aliphatic rings. The van der Waals surface area contributed by atoms with E-state index in [-0.39, 0.29) is 12.1 Å². The Morgan fingerprint density at radius 3 is 2.83 bits per heavy atom. The summed E-state index contributed by atoms with van der Waals surface area (Å²) in [5, 5.41) is 3.96. The molecular weight excluding hydrogens is 324 g/mol. The van der Waals surface area contributed by atoms with Crippen LogP contribution in [0.1, 0.15) is 42.5 Å². The molecule has 1 fully saturated rings. The summed E-state index contributed by atoms with van der Waals surface area (Å²) in [4.78, 5) is 18.6. The Bertz CT molecular complexity index is 723. The third-order valence-corrected chi connectivity index (χ3v) is 5.41. The van der Waals surface area contributed by atoms with Crippen molar-refractivity contribution < 1.29 is 4.79 Å². The maximum atomic E-state index is 12.6.